The van der Waals surface area contributed by atoms with Crippen LogP contribution >= 0.6 is 0 Å². The zero-order valence-corrected chi connectivity index (χ0v) is 9.86. The van der Waals surface area contributed by atoms with Gasteiger partial charge in [0.05, 0.1) is 7.11 Å². The molecule has 0 atom stereocenters. The van der Waals surface area contributed by atoms with Crippen molar-refractivity contribution < 1.29 is 9.53 Å². The smallest absolute Gasteiger partial charge is 0.317 e. The third-order valence-electron chi connectivity index (χ3n) is 2.27. The summed E-state index contributed by atoms with van der Waals surface area (Å²) in [6.07, 6.45) is 1.69. The van der Waals surface area contributed by atoms with E-state index in [1.54, 1.807) is 31.3 Å². The highest BCUT2D eigenvalue weighted by atomic mass is 16.5. The van der Waals surface area contributed by atoms with E-state index < -0.39 is 0 Å². The van der Waals surface area contributed by atoms with Gasteiger partial charge in [-0.2, -0.15) is 0 Å². The van der Waals surface area contributed by atoms with E-state index in [1.165, 1.54) is 0 Å². The highest BCUT2D eigenvalue weighted by Crippen LogP contribution is 2.06. The zero-order valence-electron chi connectivity index (χ0n) is 9.86. The molecule has 0 saturated heterocycles. The van der Waals surface area contributed by atoms with Crippen molar-refractivity contribution in [2.45, 2.75) is 13.5 Å². The molecule has 0 fully saturated rings. The largest absolute Gasteiger partial charge is 0.481 e. The summed E-state index contributed by atoms with van der Waals surface area (Å²) in [5, 5.41) is 2.79. The fraction of sp³-hybridized carbons (Fsp3) is 0.455. The molecule has 0 aliphatic heterocycles. The number of nitrogens with one attached hydrogen (secondary N) is 1. The number of nitrogens with zero attached hydrogens (tertiary/aromatic N) is 2. The van der Waals surface area contributed by atoms with Gasteiger partial charge in [0, 0.05) is 32.4 Å². The zero-order chi connectivity index (χ0) is 12.0. The van der Waals surface area contributed by atoms with Crippen LogP contribution in [0.4, 0.5) is 4.79 Å². The van der Waals surface area contributed by atoms with E-state index in [2.05, 4.69) is 10.3 Å². The Morgan fingerprint density at radius 1 is 1.56 bits per heavy atom. The maximum Gasteiger partial charge on any atom is 0.317 e. The van der Waals surface area contributed by atoms with Crippen molar-refractivity contribution in [3.8, 4) is 5.88 Å². The van der Waals surface area contributed by atoms with E-state index in [-0.39, 0.29) is 6.03 Å². The summed E-state index contributed by atoms with van der Waals surface area (Å²) in [5.74, 6) is 0.570. The van der Waals surface area contributed by atoms with Gasteiger partial charge in [-0.25, -0.2) is 9.78 Å². The molecular formula is C11H17N3O2. The molecule has 16 heavy (non-hydrogen) atoms. The SMILES string of the molecule is CCN(C)C(=O)NCc1ccc(OC)nc1. The van der Waals surface area contributed by atoms with Gasteiger partial charge < -0.3 is 15.0 Å². The quantitative estimate of drug-likeness (QED) is 0.835. The summed E-state index contributed by atoms with van der Waals surface area (Å²) in [5.41, 5.74) is 0.943. The lowest BCUT2D eigenvalue weighted by molar-refractivity contribution is 0.210. The molecule has 0 radical (unpaired) electrons. The number of pyridine rings is 1. The molecule has 1 aromatic heterocycles. The minimum Gasteiger partial charge on any atom is -0.481 e. The van der Waals surface area contributed by atoms with E-state index >= 15 is 0 Å². The summed E-state index contributed by atoms with van der Waals surface area (Å²) in [7, 11) is 3.32. The lowest BCUT2D eigenvalue weighted by Crippen LogP contribution is -2.36. The van der Waals surface area contributed by atoms with Crippen LogP contribution < -0.4 is 10.1 Å². The first kappa shape index (κ1) is 12.3. The molecule has 0 unspecified atom stereocenters. The molecule has 1 aromatic rings. The highest BCUT2D eigenvalue weighted by molar-refractivity contribution is 5.73. The Balaban J connectivity index is 2.45. The lowest BCUT2D eigenvalue weighted by atomic mass is 10.3. The number of carbonyl (C=O) groups excluding carboxylic acids is 1. The number of hydrogen-bond donors (Lipinski definition) is 1. The standard InChI is InChI=1S/C11H17N3O2/c1-4-14(2)11(15)13-8-9-5-6-10(16-3)12-7-9/h5-7H,4,8H2,1-3H3,(H,13,15). The molecule has 1 heterocycles. The number of hydrogen-bond acceptors (Lipinski definition) is 3. The molecule has 0 saturated carbocycles. The van der Waals surface area contributed by atoms with Gasteiger partial charge in [-0.15, -0.1) is 0 Å². The predicted octanol–water partition coefficient (Wildman–Crippen LogP) is 1.25. The molecule has 1 N–H and O–H groups in total. The van der Waals surface area contributed by atoms with Gasteiger partial charge in [-0.3, -0.25) is 0 Å². The molecular weight excluding hydrogens is 206 g/mol. The van der Waals surface area contributed by atoms with Crippen molar-refractivity contribution in [1.29, 1.82) is 0 Å². The Hall–Kier alpha value is -1.78. The van der Waals surface area contributed by atoms with Crippen molar-refractivity contribution in [2.24, 2.45) is 0 Å². The highest BCUT2D eigenvalue weighted by Gasteiger charge is 2.05. The summed E-state index contributed by atoms with van der Waals surface area (Å²) < 4.78 is 4.94. The fourth-order valence-electron chi connectivity index (χ4n) is 1.09. The number of amides is 2. The molecule has 1 rings (SSSR count). The Labute approximate surface area is 95.4 Å². The Morgan fingerprint density at radius 3 is 2.81 bits per heavy atom. The normalized spacial score (nSPS) is 9.69. The van der Waals surface area contributed by atoms with E-state index in [4.69, 9.17) is 4.74 Å². The molecule has 0 aliphatic carbocycles. The summed E-state index contributed by atoms with van der Waals surface area (Å²) >= 11 is 0. The number of aromatic nitrogens is 1. The van der Waals surface area contributed by atoms with Gasteiger partial charge >= 0.3 is 6.03 Å². The maximum absolute atomic E-state index is 11.4. The number of carbonyl (C=O) groups is 1. The number of ether oxygens (including phenoxy) is 1. The lowest BCUT2D eigenvalue weighted by Gasteiger charge is -2.15. The fourth-order valence-corrected chi connectivity index (χ4v) is 1.09. The van der Waals surface area contributed by atoms with Gasteiger partial charge in [0.15, 0.2) is 0 Å². The first-order chi connectivity index (χ1) is 7.67. The van der Waals surface area contributed by atoms with E-state index in [0.717, 1.165) is 5.56 Å². The van der Waals surface area contributed by atoms with Crippen LogP contribution in [0, 0.1) is 0 Å². The molecule has 0 aliphatic rings. The van der Waals surface area contributed by atoms with E-state index in [9.17, 15) is 4.79 Å². The second kappa shape index (κ2) is 5.95. The molecule has 5 nitrogen and oxygen atoms in total. The maximum atomic E-state index is 11.4. The van der Waals surface area contributed by atoms with Crippen molar-refractivity contribution in [1.82, 2.24) is 15.2 Å². The van der Waals surface area contributed by atoms with Crippen molar-refractivity contribution in [2.75, 3.05) is 20.7 Å². The predicted molar refractivity (Wildman–Crippen MR) is 61.3 cm³/mol. The van der Waals surface area contributed by atoms with Crippen LogP contribution in [0.15, 0.2) is 18.3 Å². The summed E-state index contributed by atoms with van der Waals surface area (Å²) in [6.45, 7) is 3.08. The van der Waals surface area contributed by atoms with Crippen molar-refractivity contribution in [3.05, 3.63) is 23.9 Å². The number of urea groups is 1. The van der Waals surface area contributed by atoms with E-state index in [1.807, 2.05) is 13.0 Å². The molecule has 2 amide bonds. The van der Waals surface area contributed by atoms with Crippen LogP contribution in [0.1, 0.15) is 12.5 Å². The Morgan fingerprint density at radius 2 is 2.31 bits per heavy atom. The topological polar surface area (TPSA) is 54.5 Å². The van der Waals surface area contributed by atoms with Crippen LogP contribution in [0.5, 0.6) is 5.88 Å². The number of methoxy groups -OCH3 is 1. The molecule has 0 bridgehead atoms. The van der Waals surface area contributed by atoms with Gasteiger partial charge in [0.1, 0.15) is 0 Å². The monoisotopic (exact) mass is 223 g/mol. The van der Waals surface area contributed by atoms with E-state index in [0.29, 0.717) is 19.0 Å². The average Bonchev–Trinajstić information content (AvgIpc) is 2.35. The molecule has 0 aromatic carbocycles. The Bertz CT molecular complexity index is 338. The van der Waals surface area contributed by atoms with Crippen molar-refractivity contribution >= 4 is 6.03 Å². The second-order valence-electron chi connectivity index (χ2n) is 3.38. The van der Waals surface area contributed by atoms with Gasteiger partial charge in [0.2, 0.25) is 5.88 Å². The van der Waals surface area contributed by atoms with Crippen LogP contribution in [0.25, 0.3) is 0 Å². The molecule has 88 valence electrons. The van der Waals surface area contributed by atoms with Crippen LogP contribution in [-0.4, -0.2) is 36.6 Å². The third-order valence-corrected chi connectivity index (χ3v) is 2.27. The van der Waals surface area contributed by atoms with Gasteiger partial charge in [-0.05, 0) is 12.5 Å². The Kier molecular flexibility index (Phi) is 4.57. The summed E-state index contributed by atoms with van der Waals surface area (Å²) in [4.78, 5) is 17.1. The van der Waals surface area contributed by atoms with Gasteiger partial charge in [0.25, 0.3) is 0 Å². The van der Waals surface area contributed by atoms with Crippen LogP contribution in [0.3, 0.4) is 0 Å². The first-order valence-electron chi connectivity index (χ1n) is 5.15. The molecule has 5 heteroatoms. The van der Waals surface area contributed by atoms with Gasteiger partial charge in [-0.1, -0.05) is 6.07 Å². The first-order valence-corrected chi connectivity index (χ1v) is 5.15. The number of rotatable bonds is 4. The third kappa shape index (κ3) is 3.42. The van der Waals surface area contributed by atoms with Crippen LogP contribution in [-0.2, 0) is 6.54 Å². The average molecular weight is 223 g/mol. The minimum atomic E-state index is -0.0849. The summed E-state index contributed by atoms with van der Waals surface area (Å²) in [6, 6.07) is 3.56. The second-order valence-corrected chi connectivity index (χ2v) is 3.38. The molecule has 0 spiro atoms. The van der Waals surface area contributed by atoms with Crippen LogP contribution in [0.2, 0.25) is 0 Å². The van der Waals surface area contributed by atoms with Crippen molar-refractivity contribution in [3.63, 3.8) is 0 Å². The minimum absolute atomic E-state index is 0.0849.